The fourth-order valence-electron chi connectivity index (χ4n) is 3.32. The van der Waals surface area contributed by atoms with E-state index in [2.05, 4.69) is 35.0 Å². The maximum Gasteiger partial charge on any atom is 0.124 e. The van der Waals surface area contributed by atoms with Gasteiger partial charge < -0.3 is 10.1 Å². The Hall–Kier alpha value is -1.32. The van der Waals surface area contributed by atoms with Crippen LogP contribution in [0.5, 0.6) is 5.75 Å². The molecule has 2 saturated heterocycles. The molecule has 20 heavy (non-hydrogen) atoms. The van der Waals surface area contributed by atoms with Crippen molar-refractivity contribution in [2.45, 2.75) is 37.9 Å². The van der Waals surface area contributed by atoms with Gasteiger partial charge >= 0.3 is 0 Å². The lowest BCUT2D eigenvalue weighted by molar-refractivity contribution is 0.245. The van der Waals surface area contributed by atoms with Crippen molar-refractivity contribution in [2.24, 2.45) is 0 Å². The molecule has 0 amide bonds. The van der Waals surface area contributed by atoms with E-state index in [1.54, 1.807) is 6.08 Å². The number of nitrogens with zero attached hydrogens (tertiary/aromatic N) is 1. The molecule has 3 nitrogen and oxygen atoms in total. The number of rotatable bonds is 5. The average Bonchev–Trinajstić information content (AvgIpc) is 2.80. The fourth-order valence-corrected chi connectivity index (χ4v) is 3.32. The van der Waals surface area contributed by atoms with E-state index < -0.39 is 0 Å². The molecular weight excluding hydrogens is 248 g/mol. The van der Waals surface area contributed by atoms with Gasteiger partial charge in [0.25, 0.3) is 0 Å². The maximum atomic E-state index is 5.76. The summed E-state index contributed by atoms with van der Waals surface area (Å²) >= 11 is 0. The summed E-state index contributed by atoms with van der Waals surface area (Å²) in [5, 5.41) is 3.73. The number of para-hydroxylation sites is 1. The second kappa shape index (κ2) is 6.42. The lowest BCUT2D eigenvalue weighted by Crippen LogP contribution is -2.35. The Kier molecular flexibility index (Phi) is 4.38. The number of ether oxygens (including phenoxy) is 1. The molecule has 0 aliphatic carbocycles. The summed E-state index contributed by atoms with van der Waals surface area (Å²) < 4.78 is 5.76. The van der Waals surface area contributed by atoms with Crippen molar-refractivity contribution in [2.75, 3.05) is 19.7 Å². The topological polar surface area (TPSA) is 24.5 Å². The van der Waals surface area contributed by atoms with Gasteiger partial charge in [-0.25, -0.2) is 0 Å². The second-order valence-corrected chi connectivity index (χ2v) is 5.87. The minimum atomic E-state index is 0.573. The van der Waals surface area contributed by atoms with Gasteiger partial charge in [0.15, 0.2) is 0 Å². The highest BCUT2D eigenvalue weighted by Crippen LogP contribution is 2.24. The second-order valence-electron chi connectivity index (χ2n) is 5.87. The molecule has 2 aliphatic heterocycles. The third-order valence-corrected chi connectivity index (χ3v) is 4.33. The van der Waals surface area contributed by atoms with Crippen LogP contribution in [0.3, 0.4) is 0 Å². The fraction of sp³-hybridized carbons (Fsp3) is 0.529. The molecule has 2 heterocycles. The van der Waals surface area contributed by atoms with Crippen molar-refractivity contribution in [3.05, 3.63) is 42.5 Å². The number of hydrogen-bond donors (Lipinski definition) is 1. The van der Waals surface area contributed by atoms with Crippen LogP contribution >= 0.6 is 0 Å². The molecule has 2 atom stereocenters. The molecule has 2 fully saturated rings. The summed E-state index contributed by atoms with van der Waals surface area (Å²) in [7, 11) is 0. The number of likely N-dealkylation sites (tertiary alicyclic amines) is 1. The molecule has 2 aliphatic rings. The van der Waals surface area contributed by atoms with Crippen molar-refractivity contribution in [1.82, 2.24) is 10.2 Å². The Morgan fingerprint density at radius 2 is 2.10 bits per heavy atom. The van der Waals surface area contributed by atoms with Crippen LogP contribution in [-0.2, 0) is 6.54 Å². The highest BCUT2D eigenvalue weighted by molar-refractivity contribution is 5.33. The summed E-state index contributed by atoms with van der Waals surface area (Å²) in [6.07, 6.45) is 5.76. The molecule has 1 aromatic rings. The van der Waals surface area contributed by atoms with Crippen LogP contribution in [0.2, 0.25) is 0 Å². The first kappa shape index (κ1) is 13.7. The van der Waals surface area contributed by atoms with Gasteiger partial charge in [-0.3, -0.25) is 4.90 Å². The largest absolute Gasteiger partial charge is 0.489 e. The Bertz CT molecular complexity index is 460. The normalized spacial score (nSPS) is 26.2. The van der Waals surface area contributed by atoms with E-state index in [1.165, 1.54) is 31.4 Å². The molecule has 1 N–H and O–H groups in total. The Morgan fingerprint density at radius 1 is 1.25 bits per heavy atom. The van der Waals surface area contributed by atoms with Gasteiger partial charge in [0.05, 0.1) is 0 Å². The van der Waals surface area contributed by atoms with Crippen molar-refractivity contribution in [3.63, 3.8) is 0 Å². The first-order valence-corrected chi connectivity index (χ1v) is 7.65. The Balaban J connectivity index is 1.66. The van der Waals surface area contributed by atoms with Gasteiger partial charge in [0.2, 0.25) is 0 Å². The Labute approximate surface area is 121 Å². The van der Waals surface area contributed by atoms with E-state index in [-0.39, 0.29) is 0 Å². The van der Waals surface area contributed by atoms with Crippen LogP contribution in [0.4, 0.5) is 0 Å². The van der Waals surface area contributed by atoms with Crippen molar-refractivity contribution in [1.29, 1.82) is 0 Å². The molecule has 0 radical (unpaired) electrons. The zero-order chi connectivity index (χ0) is 13.8. The molecule has 0 aromatic heterocycles. The van der Waals surface area contributed by atoms with Gasteiger partial charge in [0, 0.05) is 37.3 Å². The van der Waals surface area contributed by atoms with E-state index in [1.807, 2.05) is 6.07 Å². The van der Waals surface area contributed by atoms with Crippen LogP contribution < -0.4 is 10.1 Å². The smallest absolute Gasteiger partial charge is 0.124 e. The van der Waals surface area contributed by atoms with Gasteiger partial charge in [-0.15, -0.1) is 0 Å². The zero-order valence-electron chi connectivity index (χ0n) is 12.1. The number of fused-ring (bicyclic) bond motifs is 2. The van der Waals surface area contributed by atoms with E-state index in [0.717, 1.165) is 24.9 Å². The highest BCUT2D eigenvalue weighted by atomic mass is 16.5. The molecule has 0 saturated carbocycles. The number of hydrogen-bond acceptors (Lipinski definition) is 3. The summed E-state index contributed by atoms with van der Waals surface area (Å²) in [4.78, 5) is 2.56. The SMILES string of the molecule is C=CCOc1ccccc1CN1CC[C@H]2CC[C@@H](C1)N2. The maximum absolute atomic E-state index is 5.76. The molecule has 0 spiro atoms. The van der Waals surface area contributed by atoms with Gasteiger partial charge in [0.1, 0.15) is 12.4 Å². The van der Waals surface area contributed by atoms with Crippen molar-refractivity contribution < 1.29 is 4.74 Å². The summed E-state index contributed by atoms with van der Waals surface area (Å²) in [5.74, 6) is 0.995. The lowest BCUT2D eigenvalue weighted by Gasteiger charge is -2.24. The van der Waals surface area contributed by atoms with E-state index in [0.29, 0.717) is 12.6 Å². The van der Waals surface area contributed by atoms with Crippen LogP contribution in [0.1, 0.15) is 24.8 Å². The standard InChI is InChI=1S/C17H24N2O/c1-2-11-20-17-6-4-3-5-14(17)12-19-10-9-15-7-8-16(13-19)18-15/h2-6,15-16,18H,1,7-13H2/t15-,16+/m1/s1. The first-order valence-electron chi connectivity index (χ1n) is 7.65. The van der Waals surface area contributed by atoms with Crippen molar-refractivity contribution >= 4 is 0 Å². The lowest BCUT2D eigenvalue weighted by atomic mass is 10.1. The number of benzene rings is 1. The van der Waals surface area contributed by atoms with Gasteiger partial charge in [-0.2, -0.15) is 0 Å². The third kappa shape index (κ3) is 3.22. The van der Waals surface area contributed by atoms with Gasteiger partial charge in [-0.05, 0) is 25.3 Å². The van der Waals surface area contributed by atoms with Crippen molar-refractivity contribution in [3.8, 4) is 5.75 Å². The van der Waals surface area contributed by atoms with E-state index in [4.69, 9.17) is 4.74 Å². The number of nitrogens with one attached hydrogen (secondary N) is 1. The molecule has 3 rings (SSSR count). The molecule has 0 unspecified atom stereocenters. The predicted octanol–water partition coefficient (Wildman–Crippen LogP) is 2.58. The van der Waals surface area contributed by atoms with E-state index in [9.17, 15) is 0 Å². The molecule has 2 bridgehead atoms. The van der Waals surface area contributed by atoms with Crippen LogP contribution in [0.25, 0.3) is 0 Å². The third-order valence-electron chi connectivity index (χ3n) is 4.33. The summed E-state index contributed by atoms with van der Waals surface area (Å²) in [5.41, 5.74) is 1.28. The zero-order valence-corrected chi connectivity index (χ0v) is 12.1. The molecular formula is C17H24N2O. The van der Waals surface area contributed by atoms with Crippen LogP contribution in [0.15, 0.2) is 36.9 Å². The monoisotopic (exact) mass is 272 g/mol. The van der Waals surface area contributed by atoms with E-state index >= 15 is 0 Å². The molecule has 108 valence electrons. The predicted molar refractivity (Wildman–Crippen MR) is 82.0 cm³/mol. The highest BCUT2D eigenvalue weighted by Gasteiger charge is 2.29. The Morgan fingerprint density at radius 3 is 3.00 bits per heavy atom. The van der Waals surface area contributed by atoms with Crippen LogP contribution in [-0.4, -0.2) is 36.7 Å². The minimum absolute atomic E-state index is 0.573. The quantitative estimate of drug-likeness (QED) is 0.834. The first-order chi connectivity index (χ1) is 9.85. The summed E-state index contributed by atoms with van der Waals surface area (Å²) in [6, 6.07) is 9.79. The summed E-state index contributed by atoms with van der Waals surface area (Å²) in [6.45, 7) is 7.62. The van der Waals surface area contributed by atoms with Gasteiger partial charge in [-0.1, -0.05) is 30.9 Å². The average molecular weight is 272 g/mol. The molecule has 1 aromatic carbocycles. The van der Waals surface area contributed by atoms with Crippen LogP contribution in [0, 0.1) is 0 Å². The minimum Gasteiger partial charge on any atom is -0.489 e. The molecule has 3 heteroatoms.